The van der Waals surface area contributed by atoms with Crippen LogP contribution in [0, 0.1) is 36.5 Å². The number of anilines is 2. The van der Waals surface area contributed by atoms with Crippen molar-refractivity contribution in [1.82, 2.24) is 9.80 Å². The Morgan fingerprint density at radius 1 is 0.609 bits per heavy atom. The fourth-order valence-corrected chi connectivity index (χ4v) is 7.86. The molecule has 2 fully saturated rings. The molecule has 0 unspecified atom stereocenters. The summed E-state index contributed by atoms with van der Waals surface area (Å²) < 4.78 is 10.4. The Balaban J connectivity index is 0.000000214. The average molecular weight is 859 g/mol. The van der Waals surface area contributed by atoms with Gasteiger partial charge in [-0.3, -0.25) is 20.2 Å². The molecule has 2 aliphatic heterocycles. The molecule has 64 heavy (non-hydrogen) atoms. The molecule has 4 amide bonds. The summed E-state index contributed by atoms with van der Waals surface area (Å²) in [7, 11) is 0. The van der Waals surface area contributed by atoms with Crippen molar-refractivity contribution in [1.29, 1.82) is 10.5 Å². The van der Waals surface area contributed by atoms with Crippen LogP contribution in [-0.4, -0.2) is 66.1 Å². The highest BCUT2D eigenvalue weighted by Crippen LogP contribution is 2.31. The van der Waals surface area contributed by atoms with Gasteiger partial charge in [-0.15, -0.1) is 0 Å². The first-order valence-corrected chi connectivity index (χ1v) is 21.7. The van der Waals surface area contributed by atoms with E-state index in [-0.39, 0.29) is 24.5 Å². The van der Waals surface area contributed by atoms with Crippen LogP contribution in [0.5, 0.6) is 0 Å². The van der Waals surface area contributed by atoms with E-state index in [2.05, 4.69) is 22.8 Å². The Bertz CT molecular complexity index is 2490. The molecule has 5 aromatic carbocycles. The summed E-state index contributed by atoms with van der Waals surface area (Å²) in [6.45, 7) is 10.2. The SMILES string of the molecule is Cc1ccc(C(=O)N2CCC(c3ccc(C#N)cc3)CC2)cc1NC(=O)OC(C)C.Cc1ccc(C(=O)N2CCC(c3ccc(C#N)cc3)CC2)cc1NC(=O)OCc1ccccc1. The van der Waals surface area contributed by atoms with Gasteiger partial charge in [0.15, 0.2) is 0 Å². The monoisotopic (exact) mass is 858 g/mol. The van der Waals surface area contributed by atoms with Crippen LogP contribution >= 0.6 is 0 Å². The molecule has 2 N–H and O–H groups in total. The fraction of sp³-hybridized carbons (Fsp3) is 0.308. The van der Waals surface area contributed by atoms with Gasteiger partial charge in [-0.25, -0.2) is 9.59 Å². The lowest BCUT2D eigenvalue weighted by Crippen LogP contribution is -2.38. The number of aryl methyl sites for hydroxylation is 2. The van der Waals surface area contributed by atoms with Crippen molar-refractivity contribution in [3.05, 3.63) is 165 Å². The molecule has 0 aromatic heterocycles. The number of amides is 4. The number of likely N-dealkylation sites (tertiary alicyclic amines) is 2. The maximum atomic E-state index is 13.1. The predicted molar refractivity (Wildman–Crippen MR) is 246 cm³/mol. The van der Waals surface area contributed by atoms with Gasteiger partial charge in [0.05, 0.1) is 29.4 Å². The molecule has 0 spiro atoms. The molecule has 5 aromatic rings. The molecule has 2 aliphatic rings. The van der Waals surface area contributed by atoms with Crippen molar-refractivity contribution in [3.63, 3.8) is 0 Å². The van der Waals surface area contributed by atoms with Crippen LogP contribution in [0.1, 0.15) is 111 Å². The van der Waals surface area contributed by atoms with Crippen molar-refractivity contribution >= 4 is 35.4 Å². The van der Waals surface area contributed by atoms with Crippen LogP contribution in [0.4, 0.5) is 21.0 Å². The summed E-state index contributed by atoms with van der Waals surface area (Å²) in [5, 5.41) is 23.4. The summed E-state index contributed by atoms with van der Waals surface area (Å²) >= 11 is 0. The minimum Gasteiger partial charge on any atom is -0.447 e. The van der Waals surface area contributed by atoms with Crippen LogP contribution < -0.4 is 10.6 Å². The van der Waals surface area contributed by atoms with E-state index < -0.39 is 12.2 Å². The molecular formula is C52H54N6O6. The maximum Gasteiger partial charge on any atom is 0.411 e. The van der Waals surface area contributed by atoms with Crippen molar-refractivity contribution in [3.8, 4) is 12.1 Å². The number of carbonyl (C=O) groups excluding carboxylic acids is 4. The van der Waals surface area contributed by atoms with Gasteiger partial charge in [0.2, 0.25) is 0 Å². The lowest BCUT2D eigenvalue weighted by atomic mass is 9.89. The number of hydrogen-bond donors (Lipinski definition) is 2. The van der Waals surface area contributed by atoms with Gasteiger partial charge in [-0.05, 0) is 142 Å². The predicted octanol–water partition coefficient (Wildman–Crippen LogP) is 10.5. The first kappa shape index (κ1) is 46.1. The second kappa shape index (κ2) is 22.1. The third-order valence-corrected chi connectivity index (χ3v) is 11.6. The van der Waals surface area contributed by atoms with Gasteiger partial charge in [-0.2, -0.15) is 10.5 Å². The molecule has 2 saturated heterocycles. The number of benzene rings is 5. The van der Waals surface area contributed by atoms with E-state index in [1.807, 2.05) is 115 Å². The number of carbonyl (C=O) groups is 4. The Hall–Kier alpha value is -7.44. The molecule has 0 atom stereocenters. The van der Waals surface area contributed by atoms with Crippen molar-refractivity contribution in [2.45, 2.75) is 77.9 Å². The minimum absolute atomic E-state index is 0.0337. The third-order valence-electron chi connectivity index (χ3n) is 11.6. The largest absolute Gasteiger partial charge is 0.447 e. The van der Waals surface area contributed by atoms with E-state index >= 15 is 0 Å². The van der Waals surface area contributed by atoms with Gasteiger partial charge >= 0.3 is 12.2 Å². The van der Waals surface area contributed by atoms with Crippen molar-refractivity contribution in [2.24, 2.45) is 0 Å². The average Bonchev–Trinajstić information content (AvgIpc) is 3.32. The quantitative estimate of drug-likeness (QED) is 0.148. The lowest BCUT2D eigenvalue weighted by Gasteiger charge is -2.32. The van der Waals surface area contributed by atoms with E-state index in [1.54, 1.807) is 38.1 Å². The van der Waals surface area contributed by atoms with E-state index in [0.717, 1.165) is 42.4 Å². The topological polar surface area (TPSA) is 165 Å². The Kier molecular flexibility index (Phi) is 15.9. The van der Waals surface area contributed by atoms with Gasteiger partial charge in [0, 0.05) is 48.7 Å². The Morgan fingerprint density at radius 2 is 1.03 bits per heavy atom. The second-order valence-corrected chi connectivity index (χ2v) is 16.4. The van der Waals surface area contributed by atoms with Crippen LogP contribution in [-0.2, 0) is 16.1 Å². The smallest absolute Gasteiger partial charge is 0.411 e. The number of nitrogens with one attached hydrogen (secondary N) is 2. The first-order valence-electron chi connectivity index (χ1n) is 21.7. The highest BCUT2D eigenvalue weighted by molar-refractivity contribution is 5.97. The maximum absolute atomic E-state index is 13.1. The number of nitriles is 2. The van der Waals surface area contributed by atoms with Gasteiger partial charge in [0.1, 0.15) is 6.61 Å². The van der Waals surface area contributed by atoms with E-state index in [1.165, 1.54) is 11.1 Å². The molecule has 328 valence electrons. The molecule has 12 nitrogen and oxygen atoms in total. The van der Waals surface area contributed by atoms with E-state index in [0.29, 0.717) is 71.6 Å². The van der Waals surface area contributed by atoms with E-state index in [9.17, 15) is 19.2 Å². The number of hydrogen-bond acceptors (Lipinski definition) is 8. The van der Waals surface area contributed by atoms with Crippen LogP contribution in [0.3, 0.4) is 0 Å². The third kappa shape index (κ3) is 12.6. The summed E-state index contributed by atoms with van der Waals surface area (Å²) in [5.41, 5.74) is 8.61. The molecule has 0 bridgehead atoms. The van der Waals surface area contributed by atoms with Gasteiger partial charge in [0.25, 0.3) is 11.8 Å². The van der Waals surface area contributed by atoms with E-state index in [4.69, 9.17) is 20.0 Å². The van der Waals surface area contributed by atoms with Crippen molar-refractivity contribution in [2.75, 3.05) is 36.8 Å². The number of rotatable bonds is 9. The summed E-state index contributed by atoms with van der Waals surface area (Å²) in [4.78, 5) is 54.1. The summed E-state index contributed by atoms with van der Waals surface area (Å²) in [5.74, 6) is 0.696. The summed E-state index contributed by atoms with van der Waals surface area (Å²) in [6.07, 6.45) is 2.22. The highest BCUT2D eigenvalue weighted by atomic mass is 16.6. The zero-order chi connectivity index (χ0) is 45.6. The van der Waals surface area contributed by atoms with Gasteiger partial charge in [-0.1, -0.05) is 66.7 Å². The second-order valence-electron chi connectivity index (χ2n) is 16.4. The summed E-state index contributed by atoms with van der Waals surface area (Å²) in [6, 6.07) is 39.9. The fourth-order valence-electron chi connectivity index (χ4n) is 7.86. The molecule has 0 aliphatic carbocycles. The Morgan fingerprint density at radius 3 is 1.44 bits per heavy atom. The number of nitrogens with zero attached hydrogens (tertiary/aromatic N) is 4. The van der Waals surface area contributed by atoms with Crippen LogP contribution in [0.15, 0.2) is 115 Å². The van der Waals surface area contributed by atoms with Crippen LogP contribution in [0.25, 0.3) is 0 Å². The molecule has 0 radical (unpaired) electrons. The normalized spacial score (nSPS) is 14.0. The van der Waals surface area contributed by atoms with Gasteiger partial charge < -0.3 is 19.3 Å². The lowest BCUT2D eigenvalue weighted by molar-refractivity contribution is 0.0705. The molecular weight excluding hydrogens is 805 g/mol. The zero-order valence-corrected chi connectivity index (χ0v) is 36.8. The van der Waals surface area contributed by atoms with Crippen LogP contribution in [0.2, 0.25) is 0 Å². The highest BCUT2D eigenvalue weighted by Gasteiger charge is 2.27. The molecule has 12 heteroatoms. The molecule has 0 saturated carbocycles. The zero-order valence-electron chi connectivity index (χ0n) is 36.8. The van der Waals surface area contributed by atoms with Crippen molar-refractivity contribution < 1.29 is 28.7 Å². The molecule has 7 rings (SSSR count). The molecule has 2 heterocycles. The Labute approximate surface area is 375 Å². The first-order chi connectivity index (χ1) is 30.9. The standard InChI is InChI=1S/C28H27N3O3.C24H27N3O3/c1-20-7-10-25(17-26(20)30-28(33)34-19-22-5-3-2-4-6-22)27(32)31-15-13-24(14-16-31)23-11-8-21(18-29)9-12-23;1-16(2)30-24(29)26-22-14-21(7-4-17(22)3)23(28)27-12-10-20(11-13-27)19-8-5-18(15-25)6-9-19/h2-12,17,24H,13-16,19H2,1H3,(H,30,33);4-9,14,16,20H,10-13H2,1-3H3,(H,26,29). The number of ether oxygens (including phenoxy) is 2. The number of piperidine rings is 2. The minimum atomic E-state index is -0.556.